The number of hydrogen-bond donors (Lipinski definition) is 2. The SMILES string of the molecule is O=C(NCCCl)N[C@H]1CC(=O)N(c2ccccc2)C1. The molecule has 0 spiro atoms. The molecule has 0 radical (unpaired) electrons. The van der Waals surface area contributed by atoms with Gasteiger partial charge in [-0.15, -0.1) is 11.6 Å². The Kier molecular flexibility index (Phi) is 4.63. The fourth-order valence-corrected chi connectivity index (χ4v) is 2.15. The summed E-state index contributed by atoms with van der Waals surface area (Å²) in [7, 11) is 0. The molecule has 1 heterocycles. The fraction of sp³-hybridized carbons (Fsp3) is 0.385. The van der Waals surface area contributed by atoms with Gasteiger partial charge >= 0.3 is 6.03 Å². The number of rotatable bonds is 4. The van der Waals surface area contributed by atoms with Crippen molar-refractivity contribution >= 4 is 29.2 Å². The van der Waals surface area contributed by atoms with Gasteiger partial charge in [-0.3, -0.25) is 4.79 Å². The third-order valence-electron chi connectivity index (χ3n) is 2.91. The molecule has 2 N–H and O–H groups in total. The van der Waals surface area contributed by atoms with Gasteiger partial charge in [0.2, 0.25) is 5.91 Å². The largest absolute Gasteiger partial charge is 0.337 e. The quantitative estimate of drug-likeness (QED) is 0.818. The van der Waals surface area contributed by atoms with Crippen molar-refractivity contribution in [2.45, 2.75) is 12.5 Å². The number of carbonyl (C=O) groups excluding carboxylic acids is 2. The first-order valence-electron chi connectivity index (χ1n) is 6.16. The summed E-state index contributed by atoms with van der Waals surface area (Å²) in [6.45, 7) is 0.910. The minimum Gasteiger partial charge on any atom is -0.337 e. The number of benzene rings is 1. The van der Waals surface area contributed by atoms with Crippen molar-refractivity contribution in [1.29, 1.82) is 0 Å². The Morgan fingerprint density at radius 3 is 2.79 bits per heavy atom. The normalized spacial score (nSPS) is 18.5. The standard InChI is InChI=1S/C13H16ClN3O2/c14-6-7-15-13(19)16-10-8-12(18)17(9-10)11-4-2-1-3-5-11/h1-5,10H,6-9H2,(H2,15,16,19)/t10-/m0/s1. The summed E-state index contributed by atoms with van der Waals surface area (Å²) in [6.07, 6.45) is 0.323. The summed E-state index contributed by atoms with van der Waals surface area (Å²) in [5.41, 5.74) is 0.859. The highest BCUT2D eigenvalue weighted by molar-refractivity contribution is 6.18. The van der Waals surface area contributed by atoms with Gasteiger partial charge in [-0.1, -0.05) is 18.2 Å². The molecule has 5 nitrogen and oxygen atoms in total. The van der Waals surface area contributed by atoms with Crippen LogP contribution in [0.4, 0.5) is 10.5 Å². The summed E-state index contributed by atoms with van der Waals surface area (Å²) >= 11 is 5.48. The highest BCUT2D eigenvalue weighted by Gasteiger charge is 2.31. The van der Waals surface area contributed by atoms with Crippen LogP contribution in [0.2, 0.25) is 0 Å². The summed E-state index contributed by atoms with van der Waals surface area (Å²) in [6, 6.07) is 8.99. The second-order valence-electron chi connectivity index (χ2n) is 4.33. The molecule has 0 bridgehead atoms. The van der Waals surface area contributed by atoms with E-state index in [4.69, 9.17) is 11.6 Å². The maximum absolute atomic E-state index is 11.9. The Hall–Kier alpha value is -1.75. The third-order valence-corrected chi connectivity index (χ3v) is 3.10. The van der Waals surface area contributed by atoms with E-state index in [2.05, 4.69) is 10.6 Å². The molecule has 6 heteroatoms. The van der Waals surface area contributed by atoms with Gasteiger partial charge < -0.3 is 15.5 Å². The van der Waals surface area contributed by atoms with Gasteiger partial charge in [0.15, 0.2) is 0 Å². The summed E-state index contributed by atoms with van der Waals surface area (Å²) in [5, 5.41) is 5.39. The maximum atomic E-state index is 11.9. The van der Waals surface area contributed by atoms with Gasteiger partial charge in [0.05, 0.1) is 6.04 Å². The number of urea groups is 1. The molecule has 0 aliphatic carbocycles. The molecule has 0 unspecified atom stereocenters. The fourth-order valence-electron chi connectivity index (χ4n) is 2.06. The topological polar surface area (TPSA) is 61.4 Å². The van der Waals surface area contributed by atoms with E-state index >= 15 is 0 Å². The predicted molar refractivity (Wildman–Crippen MR) is 74.5 cm³/mol. The first-order valence-corrected chi connectivity index (χ1v) is 6.70. The molecule has 2 rings (SSSR count). The van der Waals surface area contributed by atoms with E-state index < -0.39 is 0 Å². The predicted octanol–water partition coefficient (Wildman–Crippen LogP) is 1.33. The molecule has 1 fully saturated rings. The molecule has 1 aliphatic heterocycles. The zero-order chi connectivity index (χ0) is 13.7. The van der Waals surface area contributed by atoms with Crippen LogP contribution in [0.3, 0.4) is 0 Å². The maximum Gasteiger partial charge on any atom is 0.315 e. The zero-order valence-electron chi connectivity index (χ0n) is 10.4. The number of carbonyl (C=O) groups is 2. The van der Waals surface area contributed by atoms with E-state index in [0.717, 1.165) is 5.69 Å². The van der Waals surface area contributed by atoms with Crippen molar-refractivity contribution in [3.05, 3.63) is 30.3 Å². The van der Waals surface area contributed by atoms with Crippen LogP contribution in [0.1, 0.15) is 6.42 Å². The second kappa shape index (κ2) is 6.43. The Morgan fingerprint density at radius 1 is 1.37 bits per heavy atom. The van der Waals surface area contributed by atoms with E-state index in [1.807, 2.05) is 30.3 Å². The lowest BCUT2D eigenvalue weighted by Crippen LogP contribution is -2.43. The lowest BCUT2D eigenvalue weighted by atomic mass is 10.2. The average Bonchev–Trinajstić information content (AvgIpc) is 2.78. The lowest BCUT2D eigenvalue weighted by molar-refractivity contribution is -0.117. The van der Waals surface area contributed by atoms with Gasteiger partial charge in [-0.05, 0) is 12.1 Å². The van der Waals surface area contributed by atoms with Crippen LogP contribution in [0.5, 0.6) is 0 Å². The molecule has 0 saturated carbocycles. The minimum atomic E-state index is -0.284. The second-order valence-corrected chi connectivity index (χ2v) is 4.71. The lowest BCUT2D eigenvalue weighted by Gasteiger charge is -2.17. The van der Waals surface area contributed by atoms with Crippen LogP contribution in [-0.4, -0.2) is 36.9 Å². The Bertz CT molecular complexity index is 452. The van der Waals surface area contributed by atoms with Crippen molar-refractivity contribution in [1.82, 2.24) is 10.6 Å². The van der Waals surface area contributed by atoms with E-state index in [1.165, 1.54) is 0 Å². The molecule has 0 aromatic heterocycles. The van der Waals surface area contributed by atoms with E-state index in [-0.39, 0.29) is 18.0 Å². The molecule has 1 aromatic carbocycles. The van der Waals surface area contributed by atoms with Crippen molar-refractivity contribution < 1.29 is 9.59 Å². The first-order chi connectivity index (χ1) is 9.20. The molecule has 1 saturated heterocycles. The third kappa shape index (κ3) is 3.61. The summed E-state index contributed by atoms with van der Waals surface area (Å²) < 4.78 is 0. The molecule has 1 aliphatic rings. The number of nitrogens with zero attached hydrogens (tertiary/aromatic N) is 1. The summed E-state index contributed by atoms with van der Waals surface area (Å²) in [4.78, 5) is 25.1. The van der Waals surface area contributed by atoms with Crippen LogP contribution in [0.15, 0.2) is 30.3 Å². The van der Waals surface area contributed by atoms with Gasteiger partial charge in [0, 0.05) is 31.1 Å². The molecular formula is C13H16ClN3O2. The van der Waals surface area contributed by atoms with Crippen molar-refractivity contribution in [3.63, 3.8) is 0 Å². The first kappa shape index (κ1) is 13.7. The number of para-hydroxylation sites is 1. The van der Waals surface area contributed by atoms with Gasteiger partial charge in [-0.25, -0.2) is 4.79 Å². The molecule has 3 amide bonds. The van der Waals surface area contributed by atoms with Gasteiger partial charge in [-0.2, -0.15) is 0 Å². The number of halogens is 1. The number of nitrogens with one attached hydrogen (secondary N) is 2. The Labute approximate surface area is 116 Å². The van der Waals surface area contributed by atoms with Gasteiger partial charge in [0.25, 0.3) is 0 Å². The molecule has 19 heavy (non-hydrogen) atoms. The van der Waals surface area contributed by atoms with Crippen LogP contribution in [0, 0.1) is 0 Å². The zero-order valence-corrected chi connectivity index (χ0v) is 11.2. The number of hydrogen-bond acceptors (Lipinski definition) is 2. The van der Waals surface area contributed by atoms with Crippen LogP contribution in [-0.2, 0) is 4.79 Å². The average molecular weight is 282 g/mol. The van der Waals surface area contributed by atoms with Crippen LogP contribution >= 0.6 is 11.6 Å². The molecular weight excluding hydrogens is 266 g/mol. The van der Waals surface area contributed by atoms with E-state index in [1.54, 1.807) is 4.90 Å². The molecule has 1 atom stereocenters. The van der Waals surface area contributed by atoms with E-state index in [9.17, 15) is 9.59 Å². The monoisotopic (exact) mass is 281 g/mol. The Balaban J connectivity index is 1.91. The molecule has 102 valence electrons. The smallest absolute Gasteiger partial charge is 0.315 e. The highest BCUT2D eigenvalue weighted by atomic mass is 35.5. The van der Waals surface area contributed by atoms with Crippen molar-refractivity contribution in [2.24, 2.45) is 0 Å². The summed E-state index contributed by atoms with van der Waals surface area (Å²) in [5.74, 6) is 0.390. The minimum absolute atomic E-state index is 0.0221. The van der Waals surface area contributed by atoms with E-state index in [0.29, 0.717) is 25.4 Å². The number of amides is 3. The van der Waals surface area contributed by atoms with Gasteiger partial charge in [0.1, 0.15) is 0 Å². The number of alkyl halides is 1. The van der Waals surface area contributed by atoms with Crippen molar-refractivity contribution in [3.8, 4) is 0 Å². The number of anilines is 1. The van der Waals surface area contributed by atoms with Crippen LogP contribution < -0.4 is 15.5 Å². The Morgan fingerprint density at radius 2 is 2.11 bits per heavy atom. The molecule has 1 aromatic rings. The van der Waals surface area contributed by atoms with Crippen LogP contribution in [0.25, 0.3) is 0 Å². The highest BCUT2D eigenvalue weighted by Crippen LogP contribution is 2.20. The van der Waals surface area contributed by atoms with Crippen molar-refractivity contribution in [2.75, 3.05) is 23.9 Å².